The van der Waals surface area contributed by atoms with Crippen molar-refractivity contribution in [1.82, 2.24) is 5.32 Å². The fourth-order valence-corrected chi connectivity index (χ4v) is 7.74. The monoisotopic (exact) mass is 804 g/mol. The first-order chi connectivity index (χ1) is 28.0. The van der Waals surface area contributed by atoms with Gasteiger partial charge in [0.2, 0.25) is 5.91 Å². The van der Waals surface area contributed by atoms with Gasteiger partial charge < -0.3 is 25.7 Å². The lowest BCUT2D eigenvalue weighted by Crippen LogP contribution is -2.53. The van der Waals surface area contributed by atoms with Crippen molar-refractivity contribution in [3.05, 3.63) is 36.5 Å². The second kappa shape index (κ2) is 45.6. The predicted octanol–water partition coefficient (Wildman–Crippen LogP) is 13.7. The normalized spacial score (nSPS) is 14.3. The zero-order valence-corrected chi connectivity index (χ0v) is 37.8. The Labute approximate surface area is 354 Å². The van der Waals surface area contributed by atoms with Crippen molar-refractivity contribution in [1.29, 1.82) is 0 Å². The number of allylic oxidation sites excluding steroid dienone is 6. The minimum absolute atomic E-state index is 0.362. The standard InChI is InChI=1S/C51H97NO5/c1-3-5-7-9-11-13-15-17-18-19-20-21-22-23-24-25-26-27-28-29-30-31-32-33-35-37-39-41-43-45-49(55)51(57)52-47(46-53)50(56)48(54)44-42-40-38-36-34-16-14-12-10-8-6-4-2/h4,6,12,14,36,38,47-50,53-56H,3,5,7-11,13,15-35,37,39-46H2,1-2H3,(H,52,57)/b6-4+,14-12+,38-36+. The number of amides is 1. The van der Waals surface area contributed by atoms with E-state index in [1.54, 1.807) is 0 Å². The van der Waals surface area contributed by atoms with Crippen molar-refractivity contribution in [3.63, 3.8) is 0 Å². The molecule has 0 aliphatic carbocycles. The first kappa shape index (κ1) is 55.5. The summed E-state index contributed by atoms with van der Waals surface area (Å²) >= 11 is 0. The summed E-state index contributed by atoms with van der Waals surface area (Å²) in [7, 11) is 0. The molecule has 6 nitrogen and oxygen atoms in total. The van der Waals surface area contributed by atoms with Gasteiger partial charge in [0.25, 0.3) is 0 Å². The van der Waals surface area contributed by atoms with Crippen LogP contribution in [0, 0.1) is 0 Å². The summed E-state index contributed by atoms with van der Waals surface area (Å²) in [6.45, 7) is 3.83. The molecule has 0 heterocycles. The maximum absolute atomic E-state index is 12.5. The highest BCUT2D eigenvalue weighted by Crippen LogP contribution is 2.17. The van der Waals surface area contributed by atoms with E-state index in [0.29, 0.717) is 19.3 Å². The number of rotatable bonds is 45. The molecule has 0 fully saturated rings. The van der Waals surface area contributed by atoms with E-state index >= 15 is 0 Å². The van der Waals surface area contributed by atoms with Crippen LogP contribution in [0.5, 0.6) is 0 Å². The van der Waals surface area contributed by atoms with Crippen LogP contribution in [-0.2, 0) is 4.79 Å². The largest absolute Gasteiger partial charge is 0.394 e. The van der Waals surface area contributed by atoms with Gasteiger partial charge in [-0.2, -0.15) is 0 Å². The number of carbonyl (C=O) groups is 1. The molecule has 57 heavy (non-hydrogen) atoms. The molecule has 0 aliphatic heterocycles. The van der Waals surface area contributed by atoms with Crippen molar-refractivity contribution >= 4 is 5.91 Å². The van der Waals surface area contributed by atoms with Gasteiger partial charge in [-0.1, -0.05) is 230 Å². The van der Waals surface area contributed by atoms with Gasteiger partial charge in [0, 0.05) is 0 Å². The lowest BCUT2D eigenvalue weighted by atomic mass is 10.00. The van der Waals surface area contributed by atoms with Gasteiger partial charge in [0.15, 0.2) is 0 Å². The van der Waals surface area contributed by atoms with Crippen LogP contribution in [0.2, 0.25) is 0 Å². The molecule has 0 bridgehead atoms. The highest BCUT2D eigenvalue weighted by Gasteiger charge is 2.28. The fourth-order valence-electron chi connectivity index (χ4n) is 7.74. The minimum atomic E-state index is -1.29. The Bertz CT molecular complexity index is 904. The van der Waals surface area contributed by atoms with Crippen molar-refractivity contribution in [3.8, 4) is 0 Å². The lowest BCUT2D eigenvalue weighted by Gasteiger charge is -2.27. The molecule has 336 valence electrons. The number of hydrogen-bond acceptors (Lipinski definition) is 5. The van der Waals surface area contributed by atoms with Gasteiger partial charge >= 0.3 is 0 Å². The van der Waals surface area contributed by atoms with Crippen molar-refractivity contribution in [2.45, 2.75) is 276 Å². The highest BCUT2D eigenvalue weighted by molar-refractivity contribution is 5.80. The number of unbranched alkanes of at least 4 members (excludes halogenated alkanes) is 31. The Hall–Kier alpha value is -1.47. The average molecular weight is 804 g/mol. The third-order valence-electron chi connectivity index (χ3n) is 11.7. The molecule has 0 spiro atoms. The second-order valence-electron chi connectivity index (χ2n) is 17.2. The zero-order chi connectivity index (χ0) is 41.7. The summed E-state index contributed by atoms with van der Waals surface area (Å²) in [6, 6.07) is -1.01. The van der Waals surface area contributed by atoms with Crippen LogP contribution in [0.3, 0.4) is 0 Å². The Morgan fingerprint density at radius 2 is 0.789 bits per heavy atom. The molecule has 5 N–H and O–H groups in total. The molecule has 0 radical (unpaired) electrons. The maximum atomic E-state index is 12.5. The van der Waals surface area contributed by atoms with E-state index < -0.39 is 36.9 Å². The fraction of sp³-hybridized carbons (Fsp3) is 0.863. The molecule has 0 saturated carbocycles. The summed E-state index contributed by atoms with van der Waals surface area (Å²) in [4.78, 5) is 12.5. The van der Waals surface area contributed by atoms with E-state index in [1.165, 1.54) is 167 Å². The molecule has 0 saturated heterocycles. The van der Waals surface area contributed by atoms with Gasteiger partial charge in [-0.15, -0.1) is 0 Å². The topological polar surface area (TPSA) is 110 Å². The van der Waals surface area contributed by atoms with Gasteiger partial charge in [0.05, 0.1) is 18.8 Å². The van der Waals surface area contributed by atoms with Crippen LogP contribution < -0.4 is 5.32 Å². The third-order valence-corrected chi connectivity index (χ3v) is 11.7. The summed E-state index contributed by atoms with van der Waals surface area (Å²) < 4.78 is 0. The van der Waals surface area contributed by atoms with Crippen LogP contribution in [0.15, 0.2) is 36.5 Å². The van der Waals surface area contributed by atoms with Crippen LogP contribution in [0.4, 0.5) is 0 Å². The van der Waals surface area contributed by atoms with Crippen LogP contribution in [-0.4, -0.2) is 57.3 Å². The molecule has 0 rings (SSSR count). The number of hydrogen-bond donors (Lipinski definition) is 5. The first-order valence-corrected chi connectivity index (χ1v) is 24.8. The van der Waals surface area contributed by atoms with E-state index in [0.717, 1.165) is 51.4 Å². The predicted molar refractivity (Wildman–Crippen MR) is 247 cm³/mol. The van der Waals surface area contributed by atoms with Crippen molar-refractivity contribution < 1.29 is 25.2 Å². The van der Waals surface area contributed by atoms with Gasteiger partial charge in [-0.05, 0) is 58.3 Å². The molecule has 6 heteroatoms. The van der Waals surface area contributed by atoms with Crippen LogP contribution in [0.1, 0.15) is 251 Å². The second-order valence-corrected chi connectivity index (χ2v) is 17.2. The molecule has 0 aromatic heterocycles. The SMILES string of the molecule is C/C=C/CC/C=C/CC/C=C/CCCC(O)C(O)C(CO)NC(=O)C(O)CCCCCCCCCCCCCCCCCCCCCCCCCCCCCCC. The molecule has 0 aromatic carbocycles. The molecular weight excluding hydrogens is 707 g/mol. The number of nitrogens with one attached hydrogen (secondary N) is 1. The van der Waals surface area contributed by atoms with Gasteiger partial charge in [0.1, 0.15) is 12.2 Å². The summed E-state index contributed by atoms with van der Waals surface area (Å²) in [5.41, 5.74) is 0. The maximum Gasteiger partial charge on any atom is 0.249 e. The Kier molecular flexibility index (Phi) is 44.4. The van der Waals surface area contributed by atoms with E-state index in [4.69, 9.17) is 0 Å². The molecule has 0 aliphatic rings. The summed E-state index contributed by atoms with van der Waals surface area (Å²) in [5, 5.41) is 43.6. The van der Waals surface area contributed by atoms with Crippen molar-refractivity contribution in [2.24, 2.45) is 0 Å². The van der Waals surface area contributed by atoms with Gasteiger partial charge in [-0.25, -0.2) is 0 Å². The third kappa shape index (κ3) is 39.7. The average Bonchev–Trinajstić information content (AvgIpc) is 3.22. The van der Waals surface area contributed by atoms with Crippen LogP contribution >= 0.6 is 0 Å². The molecule has 0 aromatic rings. The van der Waals surface area contributed by atoms with E-state index in [9.17, 15) is 25.2 Å². The van der Waals surface area contributed by atoms with Crippen molar-refractivity contribution in [2.75, 3.05) is 6.61 Å². The number of carbonyl (C=O) groups excluding carboxylic acids is 1. The van der Waals surface area contributed by atoms with Gasteiger partial charge in [-0.3, -0.25) is 4.79 Å². The molecule has 4 atom stereocenters. The quantitative estimate of drug-likeness (QED) is 0.0311. The zero-order valence-electron chi connectivity index (χ0n) is 37.8. The van der Waals surface area contributed by atoms with E-state index in [-0.39, 0.29) is 0 Å². The molecule has 4 unspecified atom stereocenters. The number of aliphatic hydroxyl groups excluding tert-OH is 4. The summed E-state index contributed by atoms with van der Waals surface area (Å²) in [5.74, 6) is -0.598. The smallest absolute Gasteiger partial charge is 0.249 e. The molecular formula is C51H97NO5. The highest BCUT2D eigenvalue weighted by atomic mass is 16.3. The first-order valence-electron chi connectivity index (χ1n) is 24.8. The Morgan fingerprint density at radius 1 is 0.456 bits per heavy atom. The lowest BCUT2D eigenvalue weighted by molar-refractivity contribution is -0.132. The van der Waals surface area contributed by atoms with Crippen LogP contribution in [0.25, 0.3) is 0 Å². The minimum Gasteiger partial charge on any atom is -0.394 e. The Morgan fingerprint density at radius 3 is 1.14 bits per heavy atom. The number of aliphatic hydroxyl groups is 4. The molecule has 1 amide bonds. The van der Waals surface area contributed by atoms with E-state index in [1.807, 2.05) is 6.92 Å². The summed E-state index contributed by atoms with van der Waals surface area (Å²) in [6.07, 6.45) is 55.1. The Balaban J connectivity index is 3.59. The van der Waals surface area contributed by atoms with E-state index in [2.05, 4.69) is 48.7 Å².